The topological polar surface area (TPSA) is 77.1 Å². The van der Waals surface area contributed by atoms with Crippen molar-refractivity contribution in [2.75, 3.05) is 61.2 Å². The standard InChI is InChI=1S/C28H56NO6P/c1-6-7-8-9-10-11-12-13-14-15-16-17-18-19-20-21-22-24-33-26-28(32-5)27-35-36(30,31)34-25-23-29(2,3)4/h11-12,17-18,28H,6-10,13-16,19-27H2,1-5H3/b12-11-,18-17-/t28-/m1/s1. The molecular weight excluding hydrogens is 477 g/mol. The molecule has 0 aliphatic heterocycles. The number of phosphoric acid groups is 1. The first-order valence-corrected chi connectivity index (χ1v) is 15.5. The lowest BCUT2D eigenvalue weighted by Crippen LogP contribution is -2.37. The van der Waals surface area contributed by atoms with Crippen molar-refractivity contribution in [3.8, 4) is 0 Å². The molecule has 214 valence electrons. The summed E-state index contributed by atoms with van der Waals surface area (Å²) in [6.07, 6.45) is 24.8. The summed E-state index contributed by atoms with van der Waals surface area (Å²) < 4.78 is 33.2. The van der Waals surface area contributed by atoms with E-state index < -0.39 is 13.9 Å². The van der Waals surface area contributed by atoms with Gasteiger partial charge in [-0.3, -0.25) is 4.57 Å². The first-order chi connectivity index (χ1) is 17.2. The average Bonchev–Trinajstić information content (AvgIpc) is 2.81. The predicted molar refractivity (Wildman–Crippen MR) is 148 cm³/mol. The van der Waals surface area contributed by atoms with Gasteiger partial charge < -0.3 is 27.9 Å². The van der Waals surface area contributed by atoms with Crippen LogP contribution in [0.2, 0.25) is 0 Å². The predicted octanol–water partition coefficient (Wildman–Crippen LogP) is 6.43. The third kappa shape index (κ3) is 26.5. The maximum absolute atomic E-state index is 11.9. The second kappa shape index (κ2) is 23.6. The average molecular weight is 534 g/mol. The number of methoxy groups -OCH3 is 1. The molecule has 7 nitrogen and oxygen atoms in total. The molecule has 0 spiro atoms. The number of phosphoric ester groups is 1. The molecule has 36 heavy (non-hydrogen) atoms. The number of hydrogen-bond acceptors (Lipinski definition) is 6. The quantitative estimate of drug-likeness (QED) is 0.0552. The fourth-order valence-corrected chi connectivity index (χ4v) is 4.09. The summed E-state index contributed by atoms with van der Waals surface area (Å²) in [7, 11) is 3.08. The Morgan fingerprint density at radius 3 is 1.78 bits per heavy atom. The summed E-state index contributed by atoms with van der Waals surface area (Å²) in [6.45, 7) is 3.73. The van der Waals surface area contributed by atoms with Gasteiger partial charge in [0.05, 0.1) is 34.4 Å². The Hall–Kier alpha value is -0.530. The Bertz CT molecular complexity index is 591. The van der Waals surface area contributed by atoms with E-state index in [1.807, 2.05) is 21.1 Å². The van der Waals surface area contributed by atoms with Crippen molar-refractivity contribution >= 4 is 7.82 Å². The summed E-state index contributed by atoms with van der Waals surface area (Å²) in [4.78, 5) is 11.9. The van der Waals surface area contributed by atoms with Gasteiger partial charge in [0.2, 0.25) is 0 Å². The molecular formula is C28H56NO6P. The number of likely N-dealkylation sites (N-methyl/N-ethyl adjacent to an activating group) is 1. The van der Waals surface area contributed by atoms with E-state index in [0.717, 1.165) is 25.7 Å². The molecule has 0 fully saturated rings. The van der Waals surface area contributed by atoms with E-state index >= 15 is 0 Å². The van der Waals surface area contributed by atoms with E-state index in [1.165, 1.54) is 64.9 Å². The van der Waals surface area contributed by atoms with Crippen LogP contribution < -0.4 is 4.89 Å². The van der Waals surface area contributed by atoms with Crippen LogP contribution >= 0.6 is 7.82 Å². The van der Waals surface area contributed by atoms with E-state index in [-0.39, 0.29) is 13.2 Å². The highest BCUT2D eigenvalue weighted by Gasteiger charge is 2.16. The highest BCUT2D eigenvalue weighted by molar-refractivity contribution is 7.45. The van der Waals surface area contributed by atoms with Crippen molar-refractivity contribution in [3.63, 3.8) is 0 Å². The number of nitrogens with zero attached hydrogens (tertiary/aromatic N) is 1. The van der Waals surface area contributed by atoms with Crippen molar-refractivity contribution in [2.45, 2.75) is 96.5 Å². The van der Waals surface area contributed by atoms with Gasteiger partial charge in [0.1, 0.15) is 19.3 Å². The Labute approximate surface area is 222 Å². The van der Waals surface area contributed by atoms with Gasteiger partial charge >= 0.3 is 0 Å². The summed E-state index contributed by atoms with van der Waals surface area (Å²) in [5.41, 5.74) is 0. The third-order valence-corrected chi connectivity index (χ3v) is 6.74. The molecule has 0 amide bonds. The number of quaternary nitrogens is 1. The molecule has 0 aromatic heterocycles. The maximum atomic E-state index is 11.9. The van der Waals surface area contributed by atoms with Gasteiger partial charge in [-0.05, 0) is 57.8 Å². The lowest BCUT2D eigenvalue weighted by atomic mass is 10.1. The van der Waals surface area contributed by atoms with E-state index in [0.29, 0.717) is 24.2 Å². The normalized spacial score (nSPS) is 15.2. The van der Waals surface area contributed by atoms with Crippen LogP contribution in [-0.4, -0.2) is 71.8 Å². The van der Waals surface area contributed by atoms with E-state index in [4.69, 9.17) is 18.5 Å². The molecule has 0 aromatic rings. The molecule has 0 saturated carbocycles. The Balaban J connectivity index is 3.60. The number of hydrogen-bond donors (Lipinski definition) is 0. The fourth-order valence-electron chi connectivity index (χ4n) is 3.36. The summed E-state index contributed by atoms with van der Waals surface area (Å²) in [6, 6.07) is 0. The van der Waals surface area contributed by atoms with Crippen LogP contribution in [0.4, 0.5) is 0 Å². The summed E-state index contributed by atoms with van der Waals surface area (Å²) in [5, 5.41) is 0. The van der Waals surface area contributed by atoms with Crippen LogP contribution in [0.25, 0.3) is 0 Å². The fraction of sp³-hybridized carbons (Fsp3) is 0.857. The monoisotopic (exact) mass is 533 g/mol. The molecule has 0 aliphatic rings. The number of ether oxygens (including phenoxy) is 2. The molecule has 0 N–H and O–H groups in total. The van der Waals surface area contributed by atoms with Crippen molar-refractivity contribution in [1.29, 1.82) is 0 Å². The second-order valence-corrected chi connectivity index (χ2v) is 11.9. The first-order valence-electron chi connectivity index (χ1n) is 14.0. The van der Waals surface area contributed by atoms with E-state index in [9.17, 15) is 9.46 Å². The molecule has 0 aliphatic carbocycles. The lowest BCUT2D eigenvalue weighted by molar-refractivity contribution is -0.870. The minimum absolute atomic E-state index is 0.0878. The number of allylic oxidation sites excluding steroid dienone is 4. The van der Waals surface area contributed by atoms with Crippen molar-refractivity contribution in [3.05, 3.63) is 24.3 Å². The molecule has 0 aromatic carbocycles. The van der Waals surface area contributed by atoms with Crippen LogP contribution in [0.5, 0.6) is 0 Å². The van der Waals surface area contributed by atoms with Gasteiger partial charge in [-0.25, -0.2) is 0 Å². The SMILES string of the molecule is CCCCCC/C=C\CCCC/C=C\CCCCCOC[C@H](COP(=O)([O-])OCC[N+](C)(C)C)OC. The van der Waals surface area contributed by atoms with Gasteiger partial charge in [0, 0.05) is 13.7 Å². The third-order valence-electron chi connectivity index (χ3n) is 5.78. The highest BCUT2D eigenvalue weighted by Crippen LogP contribution is 2.38. The molecule has 2 atom stereocenters. The van der Waals surface area contributed by atoms with Gasteiger partial charge in [-0.15, -0.1) is 0 Å². The second-order valence-electron chi connectivity index (χ2n) is 10.4. The Kier molecular flexibility index (Phi) is 23.2. The van der Waals surface area contributed by atoms with E-state index in [2.05, 4.69) is 31.2 Å². The largest absolute Gasteiger partial charge is 0.756 e. The van der Waals surface area contributed by atoms with Crippen molar-refractivity contribution < 1.29 is 32.5 Å². The number of unbranched alkanes of at least 4 members (excludes halogenated alkanes) is 10. The highest BCUT2D eigenvalue weighted by atomic mass is 31.2. The van der Waals surface area contributed by atoms with Crippen LogP contribution in [-0.2, 0) is 23.1 Å². The summed E-state index contributed by atoms with van der Waals surface area (Å²) >= 11 is 0. The van der Waals surface area contributed by atoms with Crippen LogP contribution in [0.1, 0.15) is 90.4 Å². The van der Waals surface area contributed by atoms with Crippen LogP contribution in [0.15, 0.2) is 24.3 Å². The lowest BCUT2D eigenvalue weighted by Gasteiger charge is -2.28. The van der Waals surface area contributed by atoms with Crippen molar-refractivity contribution in [2.24, 2.45) is 0 Å². The van der Waals surface area contributed by atoms with Crippen LogP contribution in [0, 0.1) is 0 Å². The van der Waals surface area contributed by atoms with Gasteiger partial charge in [0.15, 0.2) is 0 Å². The minimum atomic E-state index is -4.33. The van der Waals surface area contributed by atoms with Crippen LogP contribution in [0.3, 0.4) is 0 Å². The molecule has 0 rings (SSSR count). The maximum Gasteiger partial charge on any atom is 0.268 e. The summed E-state index contributed by atoms with van der Waals surface area (Å²) in [5.74, 6) is 0. The van der Waals surface area contributed by atoms with Gasteiger partial charge in [-0.2, -0.15) is 0 Å². The molecule has 1 unspecified atom stereocenters. The van der Waals surface area contributed by atoms with Crippen molar-refractivity contribution in [1.82, 2.24) is 0 Å². The van der Waals surface area contributed by atoms with Gasteiger partial charge in [-0.1, -0.05) is 56.9 Å². The molecule has 0 heterocycles. The molecule has 0 bridgehead atoms. The zero-order valence-electron chi connectivity index (χ0n) is 24.0. The Morgan fingerprint density at radius 2 is 1.28 bits per heavy atom. The Morgan fingerprint density at radius 1 is 0.750 bits per heavy atom. The van der Waals surface area contributed by atoms with Gasteiger partial charge in [0.25, 0.3) is 7.82 Å². The molecule has 0 radical (unpaired) electrons. The zero-order valence-corrected chi connectivity index (χ0v) is 24.9. The number of rotatable bonds is 26. The van der Waals surface area contributed by atoms with E-state index in [1.54, 1.807) is 0 Å². The zero-order chi connectivity index (χ0) is 27.0. The molecule has 0 saturated heterocycles. The smallest absolute Gasteiger partial charge is 0.268 e. The molecule has 8 heteroatoms. The minimum Gasteiger partial charge on any atom is -0.756 e. The first kappa shape index (κ1) is 35.5.